The summed E-state index contributed by atoms with van der Waals surface area (Å²) in [5, 5.41) is 6.61. The molecule has 5 nitrogen and oxygen atoms in total. The Balaban J connectivity index is 1.79. The van der Waals surface area contributed by atoms with Gasteiger partial charge in [0.25, 0.3) is 0 Å². The fraction of sp³-hybridized carbons (Fsp3) is 0.500. The van der Waals surface area contributed by atoms with Gasteiger partial charge >= 0.3 is 11.8 Å². The van der Waals surface area contributed by atoms with Crippen LogP contribution >= 0.6 is 0 Å². The lowest BCUT2D eigenvalue weighted by Crippen LogP contribution is -2.44. The van der Waals surface area contributed by atoms with Gasteiger partial charge < -0.3 is 5.32 Å². The molecule has 1 aromatic carbocycles. The van der Waals surface area contributed by atoms with Crippen LogP contribution in [0.3, 0.4) is 0 Å². The monoisotopic (exact) mass is 315 g/mol. The van der Waals surface area contributed by atoms with E-state index in [4.69, 9.17) is 0 Å². The van der Waals surface area contributed by atoms with Crippen molar-refractivity contribution >= 4 is 18.0 Å². The summed E-state index contributed by atoms with van der Waals surface area (Å²) in [5.74, 6) is -0.848. The summed E-state index contributed by atoms with van der Waals surface area (Å²) < 4.78 is 0. The molecule has 1 aliphatic carbocycles. The van der Waals surface area contributed by atoms with Crippen LogP contribution in [0.4, 0.5) is 0 Å². The molecule has 124 valence electrons. The molecule has 0 bridgehead atoms. The van der Waals surface area contributed by atoms with Crippen LogP contribution in [0.5, 0.6) is 0 Å². The quantitative estimate of drug-likeness (QED) is 0.509. The summed E-state index contributed by atoms with van der Waals surface area (Å²) in [6.45, 7) is 4.27. The third-order valence-electron chi connectivity index (χ3n) is 4.13. The van der Waals surface area contributed by atoms with E-state index in [-0.39, 0.29) is 6.04 Å². The molecule has 0 saturated heterocycles. The molecule has 2 rings (SSSR count). The summed E-state index contributed by atoms with van der Waals surface area (Å²) in [6.07, 6.45) is 6.86. The highest BCUT2D eigenvalue weighted by molar-refractivity contribution is 6.35. The third kappa shape index (κ3) is 5.51. The molecule has 23 heavy (non-hydrogen) atoms. The van der Waals surface area contributed by atoms with Crippen LogP contribution in [-0.4, -0.2) is 24.1 Å². The molecule has 0 aromatic heterocycles. The number of carbonyl (C=O) groups excluding carboxylic acids is 2. The van der Waals surface area contributed by atoms with Gasteiger partial charge in [0.2, 0.25) is 0 Å². The topological polar surface area (TPSA) is 70.6 Å². The molecule has 1 saturated carbocycles. The molecule has 2 amide bonds. The Bertz CT molecular complexity index is 558. The fourth-order valence-corrected chi connectivity index (χ4v) is 2.68. The third-order valence-corrected chi connectivity index (χ3v) is 4.13. The summed E-state index contributed by atoms with van der Waals surface area (Å²) in [6, 6.07) is 8.06. The average molecular weight is 315 g/mol. The van der Waals surface area contributed by atoms with Crippen LogP contribution in [0, 0.1) is 0 Å². The van der Waals surface area contributed by atoms with Crippen molar-refractivity contribution in [3.05, 3.63) is 35.4 Å². The van der Waals surface area contributed by atoms with E-state index in [9.17, 15) is 9.59 Å². The fourth-order valence-electron chi connectivity index (χ4n) is 2.68. The Morgan fingerprint density at radius 2 is 1.74 bits per heavy atom. The van der Waals surface area contributed by atoms with Crippen molar-refractivity contribution in [2.45, 2.75) is 57.9 Å². The number of hydrazone groups is 1. The van der Waals surface area contributed by atoms with Crippen molar-refractivity contribution in [1.82, 2.24) is 10.7 Å². The standard InChI is InChI=1S/C18H25N3O2/c1-13(2)15-10-8-14(9-11-15)12-19-21-18(23)17(22)20-16-6-4-3-5-7-16/h8-13,16H,3-7H2,1-2H3,(H,20,22)(H,21,23). The molecular formula is C18H25N3O2. The van der Waals surface area contributed by atoms with Crippen LogP contribution in [0.25, 0.3) is 0 Å². The number of nitrogens with one attached hydrogen (secondary N) is 2. The number of hydrogen-bond donors (Lipinski definition) is 2. The van der Waals surface area contributed by atoms with E-state index in [2.05, 4.69) is 29.7 Å². The van der Waals surface area contributed by atoms with E-state index in [1.807, 2.05) is 24.3 Å². The first-order valence-corrected chi connectivity index (χ1v) is 8.30. The predicted octanol–water partition coefficient (Wildman–Crippen LogP) is 2.71. The Labute approximate surface area is 137 Å². The number of rotatable bonds is 4. The van der Waals surface area contributed by atoms with Crippen molar-refractivity contribution in [2.75, 3.05) is 0 Å². The van der Waals surface area contributed by atoms with Gasteiger partial charge in [-0.2, -0.15) is 5.10 Å². The highest BCUT2D eigenvalue weighted by atomic mass is 16.2. The van der Waals surface area contributed by atoms with Crippen LogP contribution < -0.4 is 10.7 Å². The molecule has 2 N–H and O–H groups in total. The molecule has 0 spiro atoms. The second kappa shape index (κ2) is 8.46. The lowest BCUT2D eigenvalue weighted by molar-refractivity contribution is -0.139. The van der Waals surface area contributed by atoms with Crippen LogP contribution in [0.1, 0.15) is 63.0 Å². The normalized spacial score (nSPS) is 15.8. The van der Waals surface area contributed by atoms with E-state index in [0.29, 0.717) is 5.92 Å². The Hall–Kier alpha value is -2.17. The first kappa shape index (κ1) is 17.2. The van der Waals surface area contributed by atoms with Gasteiger partial charge in [-0.25, -0.2) is 5.43 Å². The van der Waals surface area contributed by atoms with Gasteiger partial charge in [0.05, 0.1) is 6.21 Å². The van der Waals surface area contributed by atoms with Crippen LogP contribution in [0.2, 0.25) is 0 Å². The predicted molar refractivity (Wildman–Crippen MR) is 91.3 cm³/mol. The zero-order valence-electron chi connectivity index (χ0n) is 13.8. The number of amides is 2. The first-order chi connectivity index (χ1) is 11.1. The van der Waals surface area contributed by atoms with Crippen LogP contribution in [0.15, 0.2) is 29.4 Å². The smallest absolute Gasteiger partial charge is 0.329 e. The minimum absolute atomic E-state index is 0.120. The Morgan fingerprint density at radius 3 is 2.35 bits per heavy atom. The molecule has 1 fully saturated rings. The zero-order chi connectivity index (χ0) is 16.7. The van der Waals surface area contributed by atoms with E-state index in [1.165, 1.54) is 18.2 Å². The largest absolute Gasteiger partial charge is 0.345 e. The van der Waals surface area contributed by atoms with Gasteiger partial charge in [-0.1, -0.05) is 57.4 Å². The maximum Gasteiger partial charge on any atom is 0.329 e. The second-order valence-electron chi connectivity index (χ2n) is 6.33. The summed E-state index contributed by atoms with van der Waals surface area (Å²) >= 11 is 0. The molecule has 1 aliphatic rings. The highest BCUT2D eigenvalue weighted by Crippen LogP contribution is 2.17. The van der Waals surface area contributed by atoms with Gasteiger partial charge in [0, 0.05) is 6.04 Å². The number of benzene rings is 1. The van der Waals surface area contributed by atoms with Gasteiger partial charge in [0.15, 0.2) is 0 Å². The first-order valence-electron chi connectivity index (χ1n) is 8.30. The minimum Gasteiger partial charge on any atom is -0.345 e. The van der Waals surface area contributed by atoms with Crippen molar-refractivity contribution in [1.29, 1.82) is 0 Å². The molecule has 0 atom stereocenters. The van der Waals surface area contributed by atoms with Gasteiger partial charge in [-0.3, -0.25) is 9.59 Å². The van der Waals surface area contributed by atoms with Crippen molar-refractivity contribution in [3.8, 4) is 0 Å². The Kier molecular flexibility index (Phi) is 6.32. The molecule has 1 aromatic rings. The summed E-state index contributed by atoms with van der Waals surface area (Å²) in [7, 11) is 0. The Morgan fingerprint density at radius 1 is 1.09 bits per heavy atom. The van der Waals surface area contributed by atoms with Gasteiger partial charge in [-0.05, 0) is 29.9 Å². The van der Waals surface area contributed by atoms with E-state index >= 15 is 0 Å². The maximum absolute atomic E-state index is 11.8. The minimum atomic E-state index is -0.717. The number of nitrogens with zero attached hydrogens (tertiary/aromatic N) is 1. The molecule has 0 heterocycles. The van der Waals surface area contributed by atoms with Crippen molar-refractivity contribution in [3.63, 3.8) is 0 Å². The van der Waals surface area contributed by atoms with Gasteiger partial charge in [0.1, 0.15) is 0 Å². The molecule has 5 heteroatoms. The zero-order valence-corrected chi connectivity index (χ0v) is 13.8. The summed E-state index contributed by atoms with van der Waals surface area (Å²) in [5.41, 5.74) is 4.40. The van der Waals surface area contributed by atoms with E-state index < -0.39 is 11.8 Å². The SMILES string of the molecule is CC(C)c1ccc(C=NNC(=O)C(=O)NC2CCCCC2)cc1. The lowest BCUT2D eigenvalue weighted by Gasteiger charge is -2.22. The van der Waals surface area contributed by atoms with Crippen molar-refractivity contribution < 1.29 is 9.59 Å². The van der Waals surface area contributed by atoms with E-state index in [1.54, 1.807) is 0 Å². The summed E-state index contributed by atoms with van der Waals surface area (Å²) in [4.78, 5) is 23.5. The molecule has 0 aliphatic heterocycles. The lowest BCUT2D eigenvalue weighted by atomic mass is 9.95. The van der Waals surface area contributed by atoms with Gasteiger partial charge in [-0.15, -0.1) is 0 Å². The van der Waals surface area contributed by atoms with Crippen molar-refractivity contribution in [2.24, 2.45) is 5.10 Å². The molecule has 0 radical (unpaired) electrons. The maximum atomic E-state index is 11.8. The van der Waals surface area contributed by atoms with E-state index in [0.717, 1.165) is 31.2 Å². The molecular weight excluding hydrogens is 290 g/mol. The van der Waals surface area contributed by atoms with Crippen LogP contribution in [-0.2, 0) is 9.59 Å². The number of hydrogen-bond acceptors (Lipinski definition) is 3. The number of carbonyl (C=O) groups is 2. The molecule has 0 unspecified atom stereocenters. The average Bonchev–Trinajstić information content (AvgIpc) is 2.56. The highest BCUT2D eigenvalue weighted by Gasteiger charge is 2.19. The second-order valence-corrected chi connectivity index (χ2v) is 6.33.